The zero-order valence-corrected chi connectivity index (χ0v) is 12.3. The second-order valence-corrected chi connectivity index (χ2v) is 5.55. The standard InChI is InChI=1S/C16H20N2O3/c1-18(10-12-5-3-11(9-17)4-6-12)14-7-13(8-15(14)19)16(20)21-2/h3-6,13-15,19H,7-8,10H2,1-2H3. The Morgan fingerprint density at radius 1 is 1.43 bits per heavy atom. The Hall–Kier alpha value is -1.90. The molecular weight excluding hydrogens is 268 g/mol. The molecule has 0 spiro atoms. The molecule has 0 aromatic heterocycles. The normalized spacial score (nSPS) is 24.8. The van der Waals surface area contributed by atoms with Crippen molar-refractivity contribution < 1.29 is 14.6 Å². The van der Waals surface area contributed by atoms with Crippen LogP contribution in [0.1, 0.15) is 24.0 Å². The van der Waals surface area contributed by atoms with E-state index in [-0.39, 0.29) is 17.9 Å². The van der Waals surface area contributed by atoms with Crippen LogP contribution in [-0.4, -0.2) is 42.3 Å². The molecule has 0 heterocycles. The summed E-state index contributed by atoms with van der Waals surface area (Å²) in [7, 11) is 3.31. The molecule has 21 heavy (non-hydrogen) atoms. The van der Waals surface area contributed by atoms with Crippen LogP contribution >= 0.6 is 0 Å². The first-order valence-electron chi connectivity index (χ1n) is 7.00. The van der Waals surface area contributed by atoms with Crippen LogP contribution in [-0.2, 0) is 16.1 Å². The van der Waals surface area contributed by atoms with Gasteiger partial charge in [-0.15, -0.1) is 0 Å². The van der Waals surface area contributed by atoms with Gasteiger partial charge in [-0.05, 0) is 37.6 Å². The van der Waals surface area contributed by atoms with Gasteiger partial charge in [-0.25, -0.2) is 0 Å². The van der Waals surface area contributed by atoms with Crippen molar-refractivity contribution in [2.45, 2.75) is 31.5 Å². The molecule has 1 saturated carbocycles. The van der Waals surface area contributed by atoms with E-state index in [1.54, 1.807) is 12.1 Å². The van der Waals surface area contributed by atoms with Gasteiger partial charge >= 0.3 is 5.97 Å². The number of carbonyl (C=O) groups is 1. The topological polar surface area (TPSA) is 73.6 Å². The summed E-state index contributed by atoms with van der Waals surface area (Å²) in [4.78, 5) is 13.6. The first kappa shape index (κ1) is 15.5. The van der Waals surface area contributed by atoms with E-state index in [9.17, 15) is 9.90 Å². The largest absolute Gasteiger partial charge is 0.469 e. The number of esters is 1. The number of hydrogen-bond donors (Lipinski definition) is 1. The van der Waals surface area contributed by atoms with Crippen molar-refractivity contribution in [3.05, 3.63) is 35.4 Å². The highest BCUT2D eigenvalue weighted by atomic mass is 16.5. The van der Waals surface area contributed by atoms with Crippen molar-refractivity contribution >= 4 is 5.97 Å². The molecule has 5 nitrogen and oxygen atoms in total. The van der Waals surface area contributed by atoms with Crippen LogP contribution in [0.5, 0.6) is 0 Å². The van der Waals surface area contributed by atoms with Crippen LogP contribution in [0.15, 0.2) is 24.3 Å². The zero-order valence-electron chi connectivity index (χ0n) is 12.3. The fraction of sp³-hybridized carbons (Fsp3) is 0.500. The number of aliphatic hydroxyl groups excluding tert-OH is 1. The molecule has 3 unspecified atom stereocenters. The Balaban J connectivity index is 1.98. The molecule has 0 amide bonds. The van der Waals surface area contributed by atoms with Crippen LogP contribution in [0.3, 0.4) is 0 Å². The molecule has 1 aromatic carbocycles. The molecule has 0 radical (unpaired) electrons. The third kappa shape index (κ3) is 3.60. The third-order valence-corrected chi connectivity index (χ3v) is 4.11. The molecular formula is C16H20N2O3. The van der Waals surface area contributed by atoms with Gasteiger partial charge in [-0.2, -0.15) is 5.26 Å². The quantitative estimate of drug-likeness (QED) is 0.845. The minimum atomic E-state index is -0.516. The lowest BCUT2D eigenvalue weighted by Crippen LogP contribution is -2.37. The average molecular weight is 288 g/mol. The van der Waals surface area contributed by atoms with Gasteiger partial charge in [0.15, 0.2) is 0 Å². The Morgan fingerprint density at radius 2 is 2.10 bits per heavy atom. The number of nitriles is 1. The minimum Gasteiger partial charge on any atom is -0.469 e. The van der Waals surface area contributed by atoms with Crippen molar-refractivity contribution in [3.63, 3.8) is 0 Å². The Bertz CT molecular complexity index is 535. The smallest absolute Gasteiger partial charge is 0.308 e. The number of benzene rings is 1. The number of carbonyl (C=O) groups excluding carboxylic acids is 1. The minimum absolute atomic E-state index is 0.0512. The summed E-state index contributed by atoms with van der Waals surface area (Å²) in [6.07, 6.45) is 0.549. The second kappa shape index (κ2) is 6.70. The molecule has 1 aromatic rings. The Labute approximate surface area is 124 Å². The van der Waals surface area contributed by atoms with Gasteiger partial charge in [0.2, 0.25) is 0 Å². The molecule has 112 valence electrons. The summed E-state index contributed by atoms with van der Waals surface area (Å²) < 4.78 is 4.76. The number of ether oxygens (including phenoxy) is 1. The number of aliphatic hydroxyl groups is 1. The van der Waals surface area contributed by atoms with Gasteiger partial charge in [0.25, 0.3) is 0 Å². The molecule has 5 heteroatoms. The van der Waals surface area contributed by atoms with E-state index >= 15 is 0 Å². The van der Waals surface area contributed by atoms with Gasteiger partial charge in [-0.1, -0.05) is 12.1 Å². The molecule has 1 fully saturated rings. The van der Waals surface area contributed by atoms with Gasteiger partial charge < -0.3 is 9.84 Å². The average Bonchev–Trinajstić information content (AvgIpc) is 2.89. The number of nitrogens with zero attached hydrogens (tertiary/aromatic N) is 2. The van der Waals surface area contributed by atoms with E-state index in [2.05, 4.69) is 11.0 Å². The van der Waals surface area contributed by atoms with Crippen LogP contribution in [0.25, 0.3) is 0 Å². The molecule has 1 aliphatic rings. The Kier molecular flexibility index (Phi) is 4.94. The molecule has 0 saturated heterocycles. The van der Waals surface area contributed by atoms with E-state index in [4.69, 9.17) is 10.00 Å². The fourth-order valence-corrected chi connectivity index (χ4v) is 2.92. The molecule has 0 aliphatic heterocycles. The van der Waals surface area contributed by atoms with Crippen LogP contribution in [0.2, 0.25) is 0 Å². The fourth-order valence-electron chi connectivity index (χ4n) is 2.92. The Morgan fingerprint density at radius 3 is 2.67 bits per heavy atom. The second-order valence-electron chi connectivity index (χ2n) is 5.55. The summed E-state index contributed by atoms with van der Waals surface area (Å²) >= 11 is 0. The van der Waals surface area contributed by atoms with Crippen molar-refractivity contribution in [2.24, 2.45) is 5.92 Å². The van der Waals surface area contributed by atoms with E-state index in [0.29, 0.717) is 24.9 Å². The lowest BCUT2D eigenvalue weighted by atomic mass is 10.1. The molecule has 2 rings (SSSR count). The summed E-state index contributed by atoms with van der Waals surface area (Å²) in [6.45, 7) is 0.668. The van der Waals surface area contributed by atoms with E-state index in [1.165, 1.54) is 7.11 Å². The summed E-state index contributed by atoms with van der Waals surface area (Å²) in [5.74, 6) is -0.471. The SMILES string of the molecule is COC(=O)C1CC(O)C(N(C)Cc2ccc(C#N)cc2)C1. The maximum atomic E-state index is 11.6. The highest BCUT2D eigenvalue weighted by molar-refractivity contribution is 5.72. The predicted molar refractivity (Wildman–Crippen MR) is 77.2 cm³/mol. The molecule has 1 N–H and O–H groups in total. The van der Waals surface area contributed by atoms with Crippen molar-refractivity contribution in [1.82, 2.24) is 4.90 Å². The van der Waals surface area contributed by atoms with Crippen molar-refractivity contribution in [1.29, 1.82) is 5.26 Å². The van der Waals surface area contributed by atoms with Crippen molar-refractivity contribution in [3.8, 4) is 6.07 Å². The van der Waals surface area contributed by atoms with E-state index < -0.39 is 6.10 Å². The highest BCUT2D eigenvalue weighted by Gasteiger charge is 2.39. The van der Waals surface area contributed by atoms with Gasteiger partial charge in [0, 0.05) is 12.6 Å². The number of methoxy groups -OCH3 is 1. The number of hydrogen-bond acceptors (Lipinski definition) is 5. The van der Waals surface area contributed by atoms with Crippen LogP contribution in [0, 0.1) is 17.2 Å². The molecule has 3 atom stereocenters. The third-order valence-electron chi connectivity index (χ3n) is 4.11. The summed E-state index contributed by atoms with van der Waals surface area (Å²) in [6, 6.07) is 9.43. The van der Waals surface area contributed by atoms with Gasteiger partial charge in [-0.3, -0.25) is 9.69 Å². The summed E-state index contributed by atoms with van der Waals surface area (Å²) in [5, 5.41) is 18.9. The van der Waals surface area contributed by atoms with E-state index in [1.807, 2.05) is 19.2 Å². The zero-order chi connectivity index (χ0) is 15.4. The monoisotopic (exact) mass is 288 g/mol. The lowest BCUT2D eigenvalue weighted by Gasteiger charge is -2.27. The first-order chi connectivity index (χ1) is 10.0. The molecule has 0 bridgehead atoms. The maximum absolute atomic E-state index is 11.6. The predicted octanol–water partition coefficient (Wildman–Crippen LogP) is 1.30. The number of likely N-dealkylation sites (N-methyl/N-ethyl adjacent to an activating group) is 1. The van der Waals surface area contributed by atoms with Gasteiger partial charge in [0.05, 0.1) is 30.8 Å². The van der Waals surface area contributed by atoms with Crippen LogP contribution < -0.4 is 0 Å². The van der Waals surface area contributed by atoms with Gasteiger partial charge in [0.1, 0.15) is 0 Å². The number of rotatable bonds is 4. The van der Waals surface area contributed by atoms with Crippen molar-refractivity contribution in [2.75, 3.05) is 14.2 Å². The van der Waals surface area contributed by atoms with Crippen LogP contribution in [0.4, 0.5) is 0 Å². The highest BCUT2D eigenvalue weighted by Crippen LogP contribution is 2.30. The van der Waals surface area contributed by atoms with E-state index in [0.717, 1.165) is 5.56 Å². The lowest BCUT2D eigenvalue weighted by molar-refractivity contribution is -0.145. The summed E-state index contributed by atoms with van der Waals surface area (Å²) in [5.41, 5.74) is 1.71. The molecule has 1 aliphatic carbocycles. The maximum Gasteiger partial charge on any atom is 0.308 e. The first-order valence-corrected chi connectivity index (χ1v) is 7.00.